The molecule has 4 saturated carbocycles. The Hall–Kier alpha value is -1.71. The third kappa shape index (κ3) is 3.27. The Morgan fingerprint density at radius 2 is 1.94 bits per heavy atom. The average molecular weight is 440 g/mol. The van der Waals surface area contributed by atoms with Gasteiger partial charge in [0, 0.05) is 12.1 Å². The highest BCUT2D eigenvalue weighted by molar-refractivity contribution is 5.82. The summed E-state index contributed by atoms with van der Waals surface area (Å²) in [6.07, 6.45) is 10.3. The summed E-state index contributed by atoms with van der Waals surface area (Å²) < 4.78 is 1.60. The van der Waals surface area contributed by atoms with Crippen LogP contribution >= 0.6 is 0 Å². The van der Waals surface area contributed by atoms with Gasteiger partial charge in [-0.15, -0.1) is 0 Å². The van der Waals surface area contributed by atoms with Crippen LogP contribution in [-0.2, 0) is 11.3 Å². The molecule has 4 aliphatic rings. The van der Waals surface area contributed by atoms with E-state index in [0.29, 0.717) is 23.3 Å². The number of Topliss-reactive ketones (excluding diaryl/α,β-unsaturated/α-hetero) is 1. The Bertz CT molecular complexity index is 948. The first kappa shape index (κ1) is 22.1. The van der Waals surface area contributed by atoms with E-state index < -0.39 is 5.60 Å². The highest BCUT2D eigenvalue weighted by atomic mass is 16.3. The molecular formula is C26H37N3O3. The quantitative estimate of drug-likeness (QED) is 0.748. The fourth-order valence-corrected chi connectivity index (χ4v) is 8.71. The van der Waals surface area contributed by atoms with Gasteiger partial charge in [0.25, 0.3) is 0 Å². The molecule has 5 rings (SSSR count). The van der Waals surface area contributed by atoms with Crippen molar-refractivity contribution in [1.82, 2.24) is 9.78 Å². The number of carbonyl (C=O) groups excluding carboxylic acids is 1. The molecule has 1 aromatic heterocycles. The van der Waals surface area contributed by atoms with Crippen LogP contribution in [0.15, 0.2) is 12.4 Å². The third-order valence-corrected chi connectivity index (χ3v) is 10.4. The monoisotopic (exact) mass is 439 g/mol. The molecule has 0 aromatic carbocycles. The highest BCUT2D eigenvalue weighted by Crippen LogP contribution is 2.68. The van der Waals surface area contributed by atoms with Crippen LogP contribution in [0.1, 0.15) is 77.7 Å². The van der Waals surface area contributed by atoms with Crippen molar-refractivity contribution >= 4 is 5.78 Å². The van der Waals surface area contributed by atoms with E-state index in [-0.39, 0.29) is 41.1 Å². The van der Waals surface area contributed by atoms with Gasteiger partial charge in [-0.3, -0.25) is 9.48 Å². The predicted octanol–water partition coefficient (Wildman–Crippen LogP) is 3.70. The van der Waals surface area contributed by atoms with Crippen LogP contribution in [0.5, 0.6) is 0 Å². The van der Waals surface area contributed by atoms with E-state index in [4.69, 9.17) is 5.26 Å². The van der Waals surface area contributed by atoms with Crippen LogP contribution in [0.3, 0.4) is 0 Å². The van der Waals surface area contributed by atoms with Crippen molar-refractivity contribution in [3.8, 4) is 6.07 Å². The van der Waals surface area contributed by atoms with Crippen molar-refractivity contribution in [2.24, 2.45) is 40.4 Å². The fraction of sp³-hybridized carbons (Fsp3) is 0.808. The van der Waals surface area contributed by atoms with Gasteiger partial charge in [-0.2, -0.15) is 10.4 Å². The number of nitrogens with zero attached hydrogens (tertiary/aromatic N) is 3. The highest BCUT2D eigenvalue weighted by Gasteiger charge is 2.63. The maximum Gasteiger partial charge on any atom is 0.157 e. The van der Waals surface area contributed by atoms with Crippen molar-refractivity contribution < 1.29 is 15.0 Å². The van der Waals surface area contributed by atoms with Crippen LogP contribution in [0.2, 0.25) is 0 Å². The Morgan fingerprint density at radius 3 is 2.66 bits per heavy atom. The summed E-state index contributed by atoms with van der Waals surface area (Å²) in [4.78, 5) is 13.3. The number of fused-ring (bicyclic) bond motifs is 5. The molecular weight excluding hydrogens is 402 g/mol. The van der Waals surface area contributed by atoms with Crippen LogP contribution in [-0.4, -0.2) is 37.5 Å². The second-order valence-corrected chi connectivity index (χ2v) is 12.2. The number of aromatic nitrogens is 2. The Morgan fingerprint density at radius 1 is 1.19 bits per heavy atom. The zero-order valence-electron chi connectivity index (χ0n) is 19.6. The van der Waals surface area contributed by atoms with Crippen LogP contribution < -0.4 is 0 Å². The molecule has 2 N–H and O–H groups in total. The standard InChI is InChI=1S/C26H37N3O3/c1-24(32)8-9-25(2)17(11-24)10-21(30)23-19-5-4-18(26(19,3)7-6-20(23)25)22(31)15-29-14-16(12-27)13-28-29/h13-14,17-21,23,30,32H,4-11,15H2,1-3H3/t17-,18+,19-,20-,21+,23-,24+,25-,26+/m0/s1. The molecule has 0 amide bonds. The molecule has 0 spiro atoms. The lowest BCUT2D eigenvalue weighted by Crippen LogP contribution is -2.59. The molecule has 1 aromatic rings. The van der Waals surface area contributed by atoms with E-state index in [1.54, 1.807) is 10.9 Å². The molecule has 32 heavy (non-hydrogen) atoms. The van der Waals surface area contributed by atoms with Crippen LogP contribution in [0, 0.1) is 51.8 Å². The predicted molar refractivity (Wildman–Crippen MR) is 119 cm³/mol. The topological polar surface area (TPSA) is 99.1 Å². The Balaban J connectivity index is 1.37. The Labute approximate surface area is 191 Å². The van der Waals surface area contributed by atoms with Gasteiger partial charge in [-0.25, -0.2) is 0 Å². The molecule has 0 saturated heterocycles. The first-order valence-electron chi connectivity index (χ1n) is 12.4. The summed E-state index contributed by atoms with van der Waals surface area (Å²) in [5, 5.41) is 35.3. The van der Waals surface area contributed by atoms with Crippen molar-refractivity contribution in [2.45, 2.75) is 90.4 Å². The van der Waals surface area contributed by atoms with Crippen molar-refractivity contribution in [3.63, 3.8) is 0 Å². The van der Waals surface area contributed by atoms with E-state index in [0.717, 1.165) is 51.4 Å². The molecule has 0 radical (unpaired) electrons. The number of rotatable bonds is 3. The number of aliphatic hydroxyl groups excluding tert-OH is 1. The normalized spacial score (nSPS) is 47.8. The fourth-order valence-electron chi connectivity index (χ4n) is 8.71. The van der Waals surface area contributed by atoms with Crippen LogP contribution in [0.25, 0.3) is 0 Å². The van der Waals surface area contributed by atoms with Gasteiger partial charge in [0.1, 0.15) is 6.07 Å². The first-order valence-corrected chi connectivity index (χ1v) is 12.4. The van der Waals surface area contributed by atoms with Gasteiger partial charge in [-0.1, -0.05) is 13.8 Å². The first-order chi connectivity index (χ1) is 15.1. The summed E-state index contributed by atoms with van der Waals surface area (Å²) in [6.45, 7) is 6.89. The number of carbonyl (C=O) groups is 1. The molecule has 6 heteroatoms. The molecule has 4 aliphatic carbocycles. The lowest BCUT2D eigenvalue weighted by molar-refractivity contribution is -0.185. The zero-order chi connectivity index (χ0) is 22.9. The van der Waals surface area contributed by atoms with Gasteiger partial charge in [-0.05, 0) is 92.8 Å². The van der Waals surface area contributed by atoms with Crippen molar-refractivity contribution in [3.05, 3.63) is 18.0 Å². The maximum absolute atomic E-state index is 13.3. The van der Waals surface area contributed by atoms with Crippen molar-refractivity contribution in [2.75, 3.05) is 0 Å². The van der Waals surface area contributed by atoms with E-state index in [1.165, 1.54) is 6.20 Å². The average Bonchev–Trinajstić information content (AvgIpc) is 3.32. The van der Waals surface area contributed by atoms with E-state index in [2.05, 4.69) is 25.0 Å². The smallest absolute Gasteiger partial charge is 0.157 e. The third-order valence-electron chi connectivity index (χ3n) is 10.4. The SMILES string of the molecule is C[C@@]1(O)CC[C@@]2(C)[C@@H](C[C@@H](O)[C@@H]3[C@@H]2CC[C@]2(C)[C@@H](C(=O)Cn4cc(C#N)cn4)CC[C@@H]32)C1. The van der Waals surface area contributed by atoms with E-state index >= 15 is 0 Å². The lowest BCUT2D eigenvalue weighted by Gasteiger charge is -2.63. The summed E-state index contributed by atoms with van der Waals surface area (Å²) >= 11 is 0. The van der Waals surface area contributed by atoms with E-state index in [1.807, 2.05) is 6.92 Å². The van der Waals surface area contributed by atoms with Gasteiger partial charge < -0.3 is 10.2 Å². The number of hydrogen-bond acceptors (Lipinski definition) is 5. The summed E-state index contributed by atoms with van der Waals surface area (Å²) in [5.41, 5.74) is -0.0251. The van der Waals surface area contributed by atoms with Gasteiger partial charge in [0.2, 0.25) is 0 Å². The minimum atomic E-state index is -0.608. The Kier molecular flexibility index (Phi) is 5.11. The maximum atomic E-state index is 13.3. The second-order valence-electron chi connectivity index (χ2n) is 12.2. The molecule has 1 heterocycles. The van der Waals surface area contributed by atoms with Gasteiger partial charge >= 0.3 is 0 Å². The largest absolute Gasteiger partial charge is 0.393 e. The number of hydrogen-bond donors (Lipinski definition) is 2. The summed E-state index contributed by atoms with van der Waals surface area (Å²) in [7, 11) is 0. The lowest BCUT2D eigenvalue weighted by atomic mass is 9.43. The van der Waals surface area contributed by atoms with Gasteiger partial charge in [0.05, 0.1) is 30.0 Å². The molecule has 0 bridgehead atoms. The minimum Gasteiger partial charge on any atom is -0.393 e. The molecule has 0 unspecified atom stereocenters. The molecule has 6 nitrogen and oxygen atoms in total. The number of nitriles is 1. The number of ketones is 1. The molecule has 9 atom stereocenters. The van der Waals surface area contributed by atoms with Crippen LogP contribution in [0.4, 0.5) is 0 Å². The number of aliphatic hydroxyl groups is 2. The molecule has 174 valence electrons. The second kappa shape index (κ2) is 7.40. The van der Waals surface area contributed by atoms with Crippen molar-refractivity contribution in [1.29, 1.82) is 5.26 Å². The van der Waals surface area contributed by atoms with E-state index in [9.17, 15) is 15.0 Å². The minimum absolute atomic E-state index is 0.00648. The summed E-state index contributed by atoms with van der Waals surface area (Å²) in [6, 6.07) is 2.07. The van der Waals surface area contributed by atoms with Gasteiger partial charge in [0.15, 0.2) is 5.78 Å². The summed E-state index contributed by atoms with van der Waals surface area (Å²) in [5.74, 6) is 1.68. The molecule has 4 fully saturated rings. The molecule has 0 aliphatic heterocycles. The zero-order valence-corrected chi connectivity index (χ0v) is 19.6.